The van der Waals surface area contributed by atoms with Gasteiger partial charge >= 0.3 is 0 Å². The number of carbonyl (C=O) groups excluding carboxylic acids is 1. The average molecular weight is 421 g/mol. The van der Waals surface area contributed by atoms with Gasteiger partial charge in [-0.3, -0.25) is 4.79 Å². The van der Waals surface area contributed by atoms with E-state index in [0.717, 1.165) is 32.4 Å². The lowest BCUT2D eigenvalue weighted by Gasteiger charge is -2.32. The van der Waals surface area contributed by atoms with Crippen LogP contribution in [0.3, 0.4) is 0 Å². The molecule has 1 amide bonds. The maximum absolute atomic E-state index is 12.6. The molecule has 2 saturated heterocycles. The molecule has 1 aromatic rings. The molecule has 1 atom stereocenters. The van der Waals surface area contributed by atoms with Crippen molar-refractivity contribution in [3.05, 3.63) is 35.9 Å². The first kappa shape index (κ1) is 21.6. The average Bonchev–Trinajstić information content (AvgIpc) is 3.05. The van der Waals surface area contributed by atoms with Crippen LogP contribution in [-0.4, -0.2) is 68.9 Å². The first-order valence-corrected chi connectivity index (χ1v) is 12.3. The number of sulfone groups is 1. The second-order valence-electron chi connectivity index (χ2n) is 7.95. The van der Waals surface area contributed by atoms with Crippen LogP contribution in [0, 0.1) is 5.92 Å². The van der Waals surface area contributed by atoms with E-state index < -0.39 is 9.84 Å². The van der Waals surface area contributed by atoms with Gasteiger partial charge in [-0.1, -0.05) is 30.3 Å². The number of nitrogens with one attached hydrogen (secondary N) is 2. The summed E-state index contributed by atoms with van der Waals surface area (Å²) in [5.74, 6) is 1.50. The summed E-state index contributed by atoms with van der Waals surface area (Å²) in [6.45, 7) is 4.23. The number of rotatable bonds is 6. The largest absolute Gasteiger partial charge is 0.357 e. The van der Waals surface area contributed by atoms with E-state index in [1.165, 1.54) is 5.56 Å². The Balaban J connectivity index is 1.46. The van der Waals surface area contributed by atoms with E-state index in [1.54, 1.807) is 0 Å². The van der Waals surface area contributed by atoms with Crippen LogP contribution in [0.4, 0.5) is 0 Å². The minimum Gasteiger partial charge on any atom is -0.357 e. The Morgan fingerprint density at radius 2 is 1.90 bits per heavy atom. The highest BCUT2D eigenvalue weighted by Gasteiger charge is 2.28. The van der Waals surface area contributed by atoms with Gasteiger partial charge in [0.1, 0.15) is 6.54 Å². The first-order chi connectivity index (χ1) is 13.9. The number of amides is 1. The van der Waals surface area contributed by atoms with Crippen molar-refractivity contribution >= 4 is 21.7 Å². The molecule has 160 valence electrons. The Hall–Kier alpha value is -2.09. The lowest BCUT2D eigenvalue weighted by atomic mass is 9.90. The first-order valence-electron chi connectivity index (χ1n) is 10.5. The zero-order valence-corrected chi connectivity index (χ0v) is 18.0. The van der Waals surface area contributed by atoms with Crippen molar-refractivity contribution in [2.75, 3.05) is 37.7 Å². The summed E-state index contributed by atoms with van der Waals surface area (Å²) in [5.41, 5.74) is 1.36. The topological polar surface area (TPSA) is 90.9 Å². The minimum absolute atomic E-state index is 0.0272. The zero-order valence-electron chi connectivity index (χ0n) is 17.1. The molecule has 0 spiro atoms. The number of nitrogens with zero attached hydrogens (tertiary/aromatic N) is 2. The van der Waals surface area contributed by atoms with Crippen LogP contribution in [0.1, 0.15) is 31.7 Å². The van der Waals surface area contributed by atoms with E-state index in [0.29, 0.717) is 24.8 Å². The Morgan fingerprint density at radius 1 is 1.17 bits per heavy atom. The molecule has 7 nitrogen and oxygen atoms in total. The van der Waals surface area contributed by atoms with E-state index >= 15 is 0 Å². The van der Waals surface area contributed by atoms with Crippen molar-refractivity contribution in [1.82, 2.24) is 15.5 Å². The van der Waals surface area contributed by atoms with Crippen LogP contribution in [0.25, 0.3) is 0 Å². The monoisotopic (exact) mass is 420 g/mol. The van der Waals surface area contributed by atoms with Crippen LogP contribution >= 0.6 is 0 Å². The molecular formula is C21H32N4O3S. The molecule has 0 aliphatic carbocycles. The summed E-state index contributed by atoms with van der Waals surface area (Å²) in [6.07, 6.45) is 3.68. The predicted octanol–water partition coefficient (Wildman–Crippen LogP) is 1.21. The summed E-state index contributed by atoms with van der Waals surface area (Å²) in [7, 11) is -2.95. The maximum Gasteiger partial charge on any atom is 0.244 e. The number of carbonyl (C=O) groups is 1. The highest BCUT2D eigenvalue weighted by atomic mass is 32.2. The molecule has 8 heteroatoms. The third-order valence-corrected chi connectivity index (χ3v) is 7.39. The van der Waals surface area contributed by atoms with Crippen molar-refractivity contribution < 1.29 is 13.2 Å². The lowest BCUT2D eigenvalue weighted by Crippen LogP contribution is -2.45. The molecule has 0 bridgehead atoms. The fraction of sp³-hybridized carbons (Fsp3) is 0.619. The molecule has 2 aliphatic rings. The number of hydrogen-bond acceptors (Lipinski definition) is 4. The summed E-state index contributed by atoms with van der Waals surface area (Å²) in [4.78, 5) is 18.9. The third-order valence-electron chi connectivity index (χ3n) is 5.62. The molecule has 0 radical (unpaired) electrons. The smallest absolute Gasteiger partial charge is 0.244 e. The van der Waals surface area contributed by atoms with E-state index in [9.17, 15) is 13.2 Å². The zero-order chi connectivity index (χ0) is 20.7. The Bertz CT molecular complexity index is 802. The third kappa shape index (κ3) is 6.73. The number of aliphatic imine (C=N–C) groups is 1. The molecule has 0 saturated carbocycles. The van der Waals surface area contributed by atoms with Gasteiger partial charge in [0.2, 0.25) is 5.91 Å². The second-order valence-corrected chi connectivity index (χ2v) is 10.2. The molecule has 29 heavy (non-hydrogen) atoms. The van der Waals surface area contributed by atoms with Gasteiger partial charge in [0.15, 0.2) is 15.8 Å². The van der Waals surface area contributed by atoms with Gasteiger partial charge in [-0.25, -0.2) is 13.4 Å². The fourth-order valence-corrected chi connectivity index (χ4v) is 5.68. The molecule has 2 aliphatic heterocycles. The van der Waals surface area contributed by atoms with Gasteiger partial charge in [0.25, 0.3) is 0 Å². The number of likely N-dealkylation sites (tertiary alicyclic amines) is 1. The molecule has 2 N–H and O–H groups in total. The number of benzene rings is 1. The van der Waals surface area contributed by atoms with Crippen LogP contribution < -0.4 is 10.6 Å². The second kappa shape index (κ2) is 10.1. The van der Waals surface area contributed by atoms with E-state index in [-0.39, 0.29) is 30.0 Å². The molecule has 3 rings (SSSR count). The standard InChI is InChI=1S/C21H32N4O3S/c1-2-22-21(24-19-10-13-29(27,28)16-19)23-15-20(26)25-11-8-18(9-12-25)14-17-6-4-3-5-7-17/h3-7,18-19H,2,8-16H2,1H3,(H2,22,23,24). The van der Waals surface area contributed by atoms with Crippen LogP contribution in [0.15, 0.2) is 35.3 Å². The highest BCUT2D eigenvalue weighted by molar-refractivity contribution is 7.91. The van der Waals surface area contributed by atoms with E-state index in [4.69, 9.17) is 0 Å². The molecule has 1 unspecified atom stereocenters. The van der Waals surface area contributed by atoms with Crippen molar-refractivity contribution in [3.8, 4) is 0 Å². The van der Waals surface area contributed by atoms with Crippen LogP contribution in [-0.2, 0) is 21.1 Å². The van der Waals surface area contributed by atoms with Crippen molar-refractivity contribution in [1.29, 1.82) is 0 Å². The SMILES string of the molecule is CCNC(=NCC(=O)N1CCC(Cc2ccccc2)CC1)NC1CCS(=O)(=O)C1. The fourth-order valence-electron chi connectivity index (χ4n) is 4.00. The van der Waals surface area contributed by atoms with Gasteiger partial charge in [0.05, 0.1) is 11.5 Å². The quantitative estimate of drug-likeness (QED) is 0.533. The van der Waals surface area contributed by atoms with Crippen molar-refractivity contribution in [3.63, 3.8) is 0 Å². The van der Waals surface area contributed by atoms with Gasteiger partial charge in [0, 0.05) is 25.7 Å². The van der Waals surface area contributed by atoms with Gasteiger partial charge in [-0.2, -0.15) is 0 Å². The van der Waals surface area contributed by atoms with E-state index in [2.05, 4.69) is 39.9 Å². The van der Waals surface area contributed by atoms with E-state index in [1.807, 2.05) is 17.9 Å². The minimum atomic E-state index is -2.95. The van der Waals surface area contributed by atoms with Crippen LogP contribution in [0.5, 0.6) is 0 Å². The summed E-state index contributed by atoms with van der Waals surface area (Å²) in [5, 5.41) is 6.26. The Labute approximate surface area is 173 Å². The van der Waals surface area contributed by atoms with Crippen molar-refractivity contribution in [2.24, 2.45) is 10.9 Å². The molecular weight excluding hydrogens is 388 g/mol. The number of guanidine groups is 1. The van der Waals surface area contributed by atoms with Crippen LogP contribution in [0.2, 0.25) is 0 Å². The molecule has 2 heterocycles. The molecule has 0 aromatic heterocycles. The summed E-state index contributed by atoms with van der Waals surface area (Å²) >= 11 is 0. The molecule has 2 fully saturated rings. The number of piperidine rings is 1. The predicted molar refractivity (Wildman–Crippen MR) is 116 cm³/mol. The normalized spacial score (nSPS) is 22.4. The molecule has 1 aromatic carbocycles. The van der Waals surface area contributed by atoms with Gasteiger partial charge < -0.3 is 15.5 Å². The Morgan fingerprint density at radius 3 is 2.52 bits per heavy atom. The van der Waals surface area contributed by atoms with Crippen molar-refractivity contribution in [2.45, 2.75) is 38.6 Å². The summed E-state index contributed by atoms with van der Waals surface area (Å²) in [6, 6.07) is 10.4. The Kier molecular flexibility index (Phi) is 7.52. The summed E-state index contributed by atoms with van der Waals surface area (Å²) < 4.78 is 23.3. The van der Waals surface area contributed by atoms with Gasteiger partial charge in [-0.15, -0.1) is 0 Å². The lowest BCUT2D eigenvalue weighted by molar-refractivity contribution is -0.130. The van der Waals surface area contributed by atoms with Gasteiger partial charge in [-0.05, 0) is 44.1 Å². The number of hydrogen-bond donors (Lipinski definition) is 2. The maximum atomic E-state index is 12.6. The highest BCUT2D eigenvalue weighted by Crippen LogP contribution is 2.21.